The molecule has 34 valence electrons. The Hall–Kier alpha value is -0.550. The van der Waals surface area contributed by atoms with Crippen molar-refractivity contribution in [2.45, 2.75) is 19.4 Å². The highest BCUT2D eigenvalue weighted by atomic mass is 14.6. The van der Waals surface area contributed by atoms with Crippen molar-refractivity contribution in [3.05, 3.63) is 0 Å². The van der Waals surface area contributed by atoms with Gasteiger partial charge in [0.15, 0.2) is 0 Å². The lowest BCUT2D eigenvalue weighted by Gasteiger charge is -1.85. The Labute approximate surface area is 37.6 Å². The summed E-state index contributed by atoms with van der Waals surface area (Å²) in [5, 5.41) is 7.95. The Balaban J connectivity index is 2.88. The van der Waals surface area contributed by atoms with Gasteiger partial charge in [0.2, 0.25) is 0 Å². The van der Waals surface area contributed by atoms with Crippen LogP contribution in [0.4, 0.5) is 0 Å². The van der Waals surface area contributed by atoms with Crippen LogP contribution in [0.15, 0.2) is 0 Å². The molecule has 0 aliphatic carbocycles. The third kappa shape index (κ3) is 3.45. The molecule has 0 aliphatic heterocycles. The molecule has 1 atom stereocenters. The maximum absolute atomic E-state index is 7.95. The van der Waals surface area contributed by atoms with Crippen LogP contribution in [0.3, 0.4) is 0 Å². The second kappa shape index (κ2) is 2.67. The fourth-order valence-corrected chi connectivity index (χ4v) is 0.156. The molecule has 0 saturated carbocycles. The largest absolute Gasteiger partial charge is 0.355 e. The minimum Gasteiger partial charge on any atom is -0.355 e. The Morgan fingerprint density at radius 3 is 2.50 bits per heavy atom. The van der Waals surface area contributed by atoms with E-state index in [2.05, 4.69) is 5.73 Å². The highest BCUT2D eigenvalue weighted by molar-refractivity contribution is 4.70. The van der Waals surface area contributed by atoms with Crippen LogP contribution in [0, 0.1) is 11.3 Å². The quantitative estimate of drug-likeness (QED) is 0.460. The van der Waals surface area contributed by atoms with Gasteiger partial charge in [-0.2, -0.15) is 5.26 Å². The molecular weight excluding hydrogens is 76.1 g/mol. The van der Waals surface area contributed by atoms with Gasteiger partial charge >= 0.3 is 0 Å². The lowest BCUT2D eigenvalue weighted by molar-refractivity contribution is -0.412. The average molecular weight is 85.1 g/mol. The van der Waals surface area contributed by atoms with Crippen LogP contribution in [0.5, 0.6) is 0 Å². The van der Waals surface area contributed by atoms with Gasteiger partial charge in [0.25, 0.3) is 0 Å². The van der Waals surface area contributed by atoms with E-state index in [9.17, 15) is 0 Å². The zero-order valence-corrected chi connectivity index (χ0v) is 3.94. The fourth-order valence-electron chi connectivity index (χ4n) is 0.156. The summed E-state index contributed by atoms with van der Waals surface area (Å²) in [6.45, 7) is 1.92. The summed E-state index contributed by atoms with van der Waals surface area (Å²) in [5.74, 6) is 0. The lowest BCUT2D eigenvalue weighted by Crippen LogP contribution is -2.58. The van der Waals surface area contributed by atoms with E-state index < -0.39 is 0 Å². The van der Waals surface area contributed by atoms with E-state index in [4.69, 9.17) is 5.26 Å². The van der Waals surface area contributed by atoms with Crippen LogP contribution >= 0.6 is 0 Å². The fraction of sp³-hybridized carbons (Fsp3) is 0.750. The van der Waals surface area contributed by atoms with Crippen molar-refractivity contribution in [3.8, 4) is 6.07 Å². The van der Waals surface area contributed by atoms with Crippen LogP contribution in [-0.4, -0.2) is 6.04 Å². The number of hydrogen-bond acceptors (Lipinski definition) is 1. The molecule has 0 heterocycles. The molecule has 3 N–H and O–H groups in total. The lowest BCUT2D eigenvalue weighted by atomic mass is 10.3. The van der Waals surface area contributed by atoms with E-state index >= 15 is 0 Å². The molecule has 2 heteroatoms. The van der Waals surface area contributed by atoms with Crippen LogP contribution in [-0.2, 0) is 0 Å². The number of quaternary nitrogens is 1. The van der Waals surface area contributed by atoms with E-state index in [0.717, 1.165) is 0 Å². The third-order valence-electron chi connectivity index (χ3n) is 0.440. The smallest absolute Gasteiger partial charge is 0.0946 e. The summed E-state index contributed by atoms with van der Waals surface area (Å²) < 4.78 is 0. The minimum atomic E-state index is 0.287. The first-order valence-electron chi connectivity index (χ1n) is 1.97. The molecule has 0 rings (SSSR count). The standard InChI is InChI=1S/C4H8N2/c1-4(6)2-3-5/h4H,2,6H2,1H3/p+1/t4-/m0/s1. The summed E-state index contributed by atoms with van der Waals surface area (Å²) in [5.41, 5.74) is 3.61. The van der Waals surface area contributed by atoms with Crippen molar-refractivity contribution in [1.29, 1.82) is 5.26 Å². The van der Waals surface area contributed by atoms with Gasteiger partial charge in [-0.3, -0.25) is 0 Å². The van der Waals surface area contributed by atoms with Crippen molar-refractivity contribution in [2.75, 3.05) is 0 Å². The molecule has 0 amide bonds. The molecule has 6 heavy (non-hydrogen) atoms. The van der Waals surface area contributed by atoms with Crippen molar-refractivity contribution in [2.24, 2.45) is 0 Å². The topological polar surface area (TPSA) is 51.4 Å². The summed E-state index contributed by atoms with van der Waals surface area (Å²) >= 11 is 0. The number of rotatable bonds is 1. The number of hydrogen-bond donors (Lipinski definition) is 1. The van der Waals surface area contributed by atoms with Gasteiger partial charge < -0.3 is 5.73 Å². The Bertz CT molecular complexity index is 60.4. The summed E-state index contributed by atoms with van der Waals surface area (Å²) in [6.07, 6.45) is 0.569. The molecule has 0 aromatic heterocycles. The predicted molar refractivity (Wildman–Crippen MR) is 22.6 cm³/mol. The first-order valence-corrected chi connectivity index (χ1v) is 1.97. The molecule has 0 spiro atoms. The number of nitrogens with zero attached hydrogens (tertiary/aromatic N) is 1. The van der Waals surface area contributed by atoms with Crippen molar-refractivity contribution in [1.82, 2.24) is 0 Å². The maximum atomic E-state index is 7.95. The van der Waals surface area contributed by atoms with Gasteiger partial charge in [-0.15, -0.1) is 0 Å². The maximum Gasteiger partial charge on any atom is 0.0946 e. The molecule has 0 saturated heterocycles. The Morgan fingerprint density at radius 2 is 2.50 bits per heavy atom. The van der Waals surface area contributed by atoms with Crippen molar-refractivity contribution >= 4 is 0 Å². The van der Waals surface area contributed by atoms with Gasteiger partial charge in [-0.05, 0) is 6.92 Å². The van der Waals surface area contributed by atoms with E-state index in [1.807, 2.05) is 13.0 Å². The Morgan fingerprint density at radius 1 is 2.00 bits per heavy atom. The first kappa shape index (κ1) is 5.45. The first-order chi connectivity index (χ1) is 2.77. The molecule has 0 bridgehead atoms. The molecular formula is C4H9N2+. The summed E-state index contributed by atoms with van der Waals surface area (Å²) in [7, 11) is 0. The van der Waals surface area contributed by atoms with E-state index in [0.29, 0.717) is 6.42 Å². The summed E-state index contributed by atoms with van der Waals surface area (Å²) in [4.78, 5) is 0. The zero-order valence-electron chi connectivity index (χ0n) is 3.94. The molecule has 0 aromatic rings. The third-order valence-corrected chi connectivity index (χ3v) is 0.440. The summed E-state index contributed by atoms with van der Waals surface area (Å²) in [6, 6.07) is 2.29. The predicted octanol–water partition coefficient (Wildman–Crippen LogP) is -0.470. The number of nitriles is 1. The van der Waals surface area contributed by atoms with Crippen LogP contribution < -0.4 is 5.73 Å². The highest BCUT2D eigenvalue weighted by Gasteiger charge is 1.90. The van der Waals surface area contributed by atoms with Crippen molar-refractivity contribution in [3.63, 3.8) is 0 Å². The minimum absolute atomic E-state index is 0.287. The molecule has 0 radical (unpaired) electrons. The molecule has 0 aromatic carbocycles. The van der Waals surface area contributed by atoms with Crippen molar-refractivity contribution < 1.29 is 5.73 Å². The van der Waals surface area contributed by atoms with Gasteiger partial charge in [0.05, 0.1) is 18.5 Å². The van der Waals surface area contributed by atoms with Crippen LogP contribution in [0.1, 0.15) is 13.3 Å². The SMILES string of the molecule is C[C@H]([NH3+])CC#N. The normalized spacial score (nSPS) is 12.8. The second-order valence-corrected chi connectivity index (χ2v) is 1.47. The van der Waals surface area contributed by atoms with Crippen LogP contribution in [0.25, 0.3) is 0 Å². The highest BCUT2D eigenvalue weighted by Crippen LogP contribution is 1.74. The van der Waals surface area contributed by atoms with Gasteiger partial charge in [0, 0.05) is 0 Å². The van der Waals surface area contributed by atoms with E-state index in [1.54, 1.807) is 0 Å². The van der Waals surface area contributed by atoms with Gasteiger partial charge in [-0.1, -0.05) is 0 Å². The van der Waals surface area contributed by atoms with Gasteiger partial charge in [0.1, 0.15) is 0 Å². The Kier molecular flexibility index (Phi) is 2.43. The molecule has 0 fully saturated rings. The average Bonchev–Trinajstić information content (AvgIpc) is 1.35. The molecule has 2 nitrogen and oxygen atoms in total. The second-order valence-electron chi connectivity index (χ2n) is 1.47. The molecule has 0 unspecified atom stereocenters. The van der Waals surface area contributed by atoms with E-state index in [1.165, 1.54) is 0 Å². The van der Waals surface area contributed by atoms with Gasteiger partial charge in [-0.25, -0.2) is 0 Å². The monoisotopic (exact) mass is 85.1 g/mol. The van der Waals surface area contributed by atoms with Crippen LogP contribution in [0.2, 0.25) is 0 Å². The molecule has 0 aliphatic rings. The van der Waals surface area contributed by atoms with E-state index in [-0.39, 0.29) is 6.04 Å². The zero-order chi connectivity index (χ0) is 4.99.